The number of nitrogens with one attached hydrogen (secondary N) is 1. The zero-order valence-corrected chi connectivity index (χ0v) is 13.9. The minimum atomic E-state index is 0.309. The Morgan fingerprint density at radius 3 is 2.76 bits per heavy atom. The first kappa shape index (κ1) is 16.3. The Bertz CT molecular complexity index is 435. The molecule has 1 aromatic carbocycles. The summed E-state index contributed by atoms with van der Waals surface area (Å²) >= 11 is 0. The molecule has 1 aliphatic rings. The Balaban J connectivity index is 2.04. The average Bonchev–Trinajstić information content (AvgIpc) is 2.52. The van der Waals surface area contributed by atoms with Crippen LogP contribution >= 0.6 is 0 Å². The van der Waals surface area contributed by atoms with Crippen LogP contribution in [0.4, 0.5) is 0 Å². The van der Waals surface area contributed by atoms with E-state index in [0.29, 0.717) is 6.04 Å². The number of hydrogen-bond donors (Lipinski definition) is 1. The molecule has 1 N–H and O–H groups in total. The van der Waals surface area contributed by atoms with Crippen LogP contribution in [0, 0.1) is 5.92 Å². The van der Waals surface area contributed by atoms with Gasteiger partial charge in [0, 0.05) is 24.2 Å². The van der Waals surface area contributed by atoms with Gasteiger partial charge in [-0.15, -0.1) is 0 Å². The second kappa shape index (κ2) is 7.81. The van der Waals surface area contributed by atoms with Crippen LogP contribution in [0.15, 0.2) is 24.3 Å². The molecule has 1 aromatic rings. The Hall–Kier alpha value is -1.06. The Kier molecular flexibility index (Phi) is 6.07. The molecule has 3 nitrogen and oxygen atoms in total. The molecular weight excluding hydrogens is 260 g/mol. The van der Waals surface area contributed by atoms with Gasteiger partial charge in [0.1, 0.15) is 5.75 Å². The zero-order valence-electron chi connectivity index (χ0n) is 13.9. The van der Waals surface area contributed by atoms with Crippen LogP contribution in [0.1, 0.15) is 44.2 Å². The van der Waals surface area contributed by atoms with Crippen LogP contribution in [0.3, 0.4) is 0 Å². The van der Waals surface area contributed by atoms with E-state index >= 15 is 0 Å². The molecule has 1 fully saturated rings. The highest BCUT2D eigenvalue weighted by Gasteiger charge is 2.25. The first-order chi connectivity index (χ1) is 10.2. The second-order valence-electron chi connectivity index (χ2n) is 6.45. The summed E-state index contributed by atoms with van der Waals surface area (Å²) in [5.41, 5.74) is 1.25. The molecule has 1 saturated carbocycles. The molecule has 2 rings (SSSR count). The van der Waals surface area contributed by atoms with E-state index in [2.05, 4.69) is 36.3 Å². The smallest absolute Gasteiger partial charge is 0.123 e. The number of rotatable bonds is 6. The number of ether oxygens (including phenoxy) is 1. The molecular formula is C18H30N2O. The highest BCUT2D eigenvalue weighted by atomic mass is 16.5. The lowest BCUT2D eigenvalue weighted by molar-refractivity contribution is 0.151. The number of nitrogens with zero attached hydrogens (tertiary/aromatic N) is 1. The number of para-hydroxylation sites is 1. The van der Waals surface area contributed by atoms with Gasteiger partial charge in [-0.2, -0.15) is 0 Å². The second-order valence-corrected chi connectivity index (χ2v) is 6.45. The largest absolute Gasteiger partial charge is 0.496 e. The molecule has 118 valence electrons. The predicted molar refractivity (Wildman–Crippen MR) is 88.8 cm³/mol. The van der Waals surface area contributed by atoms with Gasteiger partial charge in [-0.05, 0) is 38.9 Å². The number of benzene rings is 1. The van der Waals surface area contributed by atoms with E-state index in [1.54, 1.807) is 7.11 Å². The third-order valence-corrected chi connectivity index (χ3v) is 4.87. The average molecular weight is 290 g/mol. The van der Waals surface area contributed by atoms with Crippen LogP contribution in [-0.2, 0) is 0 Å². The molecule has 0 spiro atoms. The fourth-order valence-electron chi connectivity index (χ4n) is 3.54. The van der Waals surface area contributed by atoms with Crippen LogP contribution in [-0.4, -0.2) is 38.7 Å². The van der Waals surface area contributed by atoms with Gasteiger partial charge in [0.25, 0.3) is 0 Å². The maximum atomic E-state index is 5.51. The van der Waals surface area contributed by atoms with Gasteiger partial charge in [-0.3, -0.25) is 0 Å². The van der Waals surface area contributed by atoms with Crippen molar-refractivity contribution in [2.24, 2.45) is 5.92 Å². The minimum Gasteiger partial charge on any atom is -0.496 e. The molecule has 3 heteroatoms. The van der Waals surface area contributed by atoms with Gasteiger partial charge in [-0.1, -0.05) is 38.0 Å². The maximum absolute atomic E-state index is 5.51. The van der Waals surface area contributed by atoms with Gasteiger partial charge in [0.15, 0.2) is 0 Å². The van der Waals surface area contributed by atoms with Gasteiger partial charge in [-0.25, -0.2) is 0 Å². The van der Waals surface area contributed by atoms with Crippen molar-refractivity contribution in [1.29, 1.82) is 0 Å². The maximum Gasteiger partial charge on any atom is 0.123 e. The molecule has 0 heterocycles. The summed E-state index contributed by atoms with van der Waals surface area (Å²) in [5.74, 6) is 1.84. The molecule has 0 aliphatic heterocycles. The topological polar surface area (TPSA) is 24.5 Å². The fourth-order valence-corrected chi connectivity index (χ4v) is 3.54. The highest BCUT2D eigenvalue weighted by Crippen LogP contribution is 2.29. The molecule has 0 radical (unpaired) electrons. The molecule has 0 saturated heterocycles. The summed E-state index contributed by atoms with van der Waals surface area (Å²) < 4.78 is 5.51. The first-order valence-electron chi connectivity index (χ1n) is 8.16. The molecule has 1 aliphatic carbocycles. The van der Waals surface area contributed by atoms with Crippen LogP contribution in [0.5, 0.6) is 5.75 Å². The lowest BCUT2D eigenvalue weighted by Gasteiger charge is -2.36. The zero-order chi connectivity index (χ0) is 15.2. The van der Waals surface area contributed by atoms with Crippen molar-refractivity contribution in [1.82, 2.24) is 10.2 Å². The van der Waals surface area contributed by atoms with E-state index in [4.69, 9.17) is 4.74 Å². The molecule has 0 bridgehead atoms. The van der Waals surface area contributed by atoms with Gasteiger partial charge in [0.2, 0.25) is 0 Å². The number of hydrogen-bond acceptors (Lipinski definition) is 3. The van der Waals surface area contributed by atoms with E-state index in [1.807, 2.05) is 19.2 Å². The third kappa shape index (κ3) is 4.21. The van der Waals surface area contributed by atoms with Crippen molar-refractivity contribution in [3.8, 4) is 5.75 Å². The third-order valence-electron chi connectivity index (χ3n) is 4.87. The van der Waals surface area contributed by atoms with Crippen molar-refractivity contribution in [3.63, 3.8) is 0 Å². The lowest BCUT2D eigenvalue weighted by Crippen LogP contribution is -2.40. The van der Waals surface area contributed by atoms with Crippen LogP contribution in [0.2, 0.25) is 0 Å². The summed E-state index contributed by atoms with van der Waals surface area (Å²) in [5, 5.41) is 3.45. The Labute approximate surface area is 129 Å². The van der Waals surface area contributed by atoms with Gasteiger partial charge < -0.3 is 15.0 Å². The molecule has 0 amide bonds. The monoisotopic (exact) mass is 290 g/mol. The Morgan fingerprint density at radius 2 is 2.10 bits per heavy atom. The normalized spacial score (nSPS) is 24.0. The van der Waals surface area contributed by atoms with E-state index in [0.717, 1.165) is 24.3 Å². The van der Waals surface area contributed by atoms with E-state index in [1.165, 1.54) is 31.2 Å². The van der Waals surface area contributed by atoms with E-state index in [-0.39, 0.29) is 0 Å². The number of methoxy groups -OCH3 is 1. The van der Waals surface area contributed by atoms with Crippen LogP contribution < -0.4 is 10.1 Å². The summed E-state index contributed by atoms with van der Waals surface area (Å²) in [4.78, 5) is 2.53. The van der Waals surface area contributed by atoms with Crippen molar-refractivity contribution in [3.05, 3.63) is 29.8 Å². The SMILES string of the molecule is CNC(CN(C)C1CCCC(C)C1)c1ccccc1OC. The first-order valence-corrected chi connectivity index (χ1v) is 8.16. The highest BCUT2D eigenvalue weighted by molar-refractivity contribution is 5.36. The minimum absolute atomic E-state index is 0.309. The van der Waals surface area contributed by atoms with Gasteiger partial charge >= 0.3 is 0 Å². The summed E-state index contributed by atoms with van der Waals surface area (Å²) in [7, 11) is 6.05. The molecule has 3 unspecified atom stereocenters. The van der Waals surface area contributed by atoms with Crippen molar-refractivity contribution in [2.45, 2.75) is 44.7 Å². The van der Waals surface area contributed by atoms with Crippen LogP contribution in [0.25, 0.3) is 0 Å². The predicted octanol–water partition coefficient (Wildman–Crippen LogP) is 3.47. The summed E-state index contributed by atoms with van der Waals surface area (Å²) in [6, 6.07) is 9.36. The van der Waals surface area contributed by atoms with E-state index in [9.17, 15) is 0 Å². The van der Waals surface area contributed by atoms with Crippen molar-refractivity contribution >= 4 is 0 Å². The lowest BCUT2D eigenvalue weighted by atomic mass is 9.86. The molecule has 3 atom stereocenters. The summed E-state index contributed by atoms with van der Waals surface area (Å²) in [6.07, 6.45) is 5.43. The number of likely N-dealkylation sites (N-methyl/N-ethyl adjacent to an activating group) is 2. The van der Waals surface area contributed by atoms with Crippen molar-refractivity contribution < 1.29 is 4.74 Å². The fraction of sp³-hybridized carbons (Fsp3) is 0.667. The standard InChI is InChI=1S/C18H30N2O/c1-14-8-7-9-15(12-14)20(3)13-17(19-2)16-10-5-6-11-18(16)21-4/h5-6,10-11,14-15,17,19H,7-9,12-13H2,1-4H3. The molecule has 0 aromatic heterocycles. The quantitative estimate of drug-likeness (QED) is 0.868. The Morgan fingerprint density at radius 1 is 1.33 bits per heavy atom. The van der Waals surface area contributed by atoms with E-state index < -0.39 is 0 Å². The van der Waals surface area contributed by atoms with Gasteiger partial charge in [0.05, 0.1) is 7.11 Å². The summed E-state index contributed by atoms with van der Waals surface area (Å²) in [6.45, 7) is 3.41. The molecule has 21 heavy (non-hydrogen) atoms. The van der Waals surface area contributed by atoms with Crippen molar-refractivity contribution in [2.75, 3.05) is 27.7 Å².